The predicted molar refractivity (Wildman–Crippen MR) is 120 cm³/mol. The Balaban J connectivity index is 1.36. The zero-order valence-electron chi connectivity index (χ0n) is 15.9. The van der Waals surface area contributed by atoms with Crippen LogP contribution in [-0.4, -0.2) is 21.0 Å². The van der Waals surface area contributed by atoms with E-state index in [1.165, 1.54) is 0 Å². The Hall–Kier alpha value is -3.84. The van der Waals surface area contributed by atoms with E-state index < -0.39 is 0 Å². The van der Waals surface area contributed by atoms with Gasteiger partial charge in [-0.15, -0.1) is 0 Å². The highest BCUT2D eigenvalue weighted by molar-refractivity contribution is 7.80. The quantitative estimate of drug-likeness (QED) is 0.473. The van der Waals surface area contributed by atoms with Crippen molar-refractivity contribution < 1.29 is 9.53 Å². The first-order valence-corrected chi connectivity index (χ1v) is 9.68. The number of fused-ring (bicyclic) bond motifs is 1. The van der Waals surface area contributed by atoms with E-state index in [2.05, 4.69) is 20.6 Å². The fourth-order valence-corrected chi connectivity index (χ4v) is 3.06. The van der Waals surface area contributed by atoms with Crippen molar-refractivity contribution in [1.82, 2.24) is 15.3 Å². The minimum Gasteiger partial charge on any atom is -0.489 e. The molecule has 148 valence electrons. The molecule has 1 amide bonds. The van der Waals surface area contributed by atoms with Crippen LogP contribution in [0.2, 0.25) is 0 Å². The van der Waals surface area contributed by atoms with Crippen molar-refractivity contribution in [2.45, 2.75) is 6.61 Å². The summed E-state index contributed by atoms with van der Waals surface area (Å²) in [7, 11) is 0. The summed E-state index contributed by atoms with van der Waals surface area (Å²) in [4.78, 5) is 20.9. The van der Waals surface area contributed by atoms with E-state index in [1.807, 2.05) is 54.6 Å². The lowest BCUT2D eigenvalue weighted by Gasteiger charge is -2.12. The second kappa shape index (κ2) is 9.11. The molecule has 1 heterocycles. The third kappa shape index (κ3) is 4.95. The van der Waals surface area contributed by atoms with Gasteiger partial charge in [0.1, 0.15) is 12.4 Å². The molecule has 0 fully saturated rings. The van der Waals surface area contributed by atoms with Gasteiger partial charge in [-0.25, -0.2) is 0 Å². The molecule has 0 bridgehead atoms. The highest BCUT2D eigenvalue weighted by atomic mass is 32.1. The van der Waals surface area contributed by atoms with Gasteiger partial charge < -0.3 is 10.1 Å². The smallest absolute Gasteiger partial charge is 0.257 e. The molecule has 4 aromatic rings. The van der Waals surface area contributed by atoms with E-state index in [0.29, 0.717) is 23.4 Å². The molecule has 0 atom stereocenters. The van der Waals surface area contributed by atoms with E-state index in [-0.39, 0.29) is 11.0 Å². The molecule has 0 spiro atoms. The minimum atomic E-state index is -0.323. The Labute approximate surface area is 178 Å². The lowest BCUT2D eigenvalue weighted by Crippen LogP contribution is -2.34. The van der Waals surface area contributed by atoms with Gasteiger partial charge in [0, 0.05) is 29.7 Å². The predicted octanol–water partition coefficient (Wildman–Crippen LogP) is 4.34. The molecule has 3 aromatic carbocycles. The first-order chi connectivity index (χ1) is 14.7. The molecule has 1 aromatic heterocycles. The standard InChI is InChI=1S/C23H18N4O2S/c28-22(17-9-10-20-21(13-17)25-12-11-24-20)27-23(30)26-18-7-4-8-19(14-18)29-15-16-5-2-1-3-6-16/h1-14H,15H2,(H2,26,27,28,30). The number of nitrogens with zero attached hydrogens (tertiary/aromatic N) is 2. The van der Waals surface area contributed by atoms with Gasteiger partial charge in [-0.1, -0.05) is 36.4 Å². The average Bonchev–Trinajstić information content (AvgIpc) is 2.78. The fraction of sp³-hybridized carbons (Fsp3) is 0.0435. The molecule has 4 rings (SSSR count). The van der Waals surface area contributed by atoms with Gasteiger partial charge in [-0.05, 0) is 48.1 Å². The maximum absolute atomic E-state index is 12.5. The largest absolute Gasteiger partial charge is 0.489 e. The summed E-state index contributed by atoms with van der Waals surface area (Å²) >= 11 is 5.28. The van der Waals surface area contributed by atoms with Gasteiger partial charge in [0.15, 0.2) is 5.11 Å². The van der Waals surface area contributed by atoms with Crippen molar-refractivity contribution in [2.75, 3.05) is 5.32 Å². The minimum absolute atomic E-state index is 0.194. The summed E-state index contributed by atoms with van der Waals surface area (Å²) in [5.41, 5.74) is 3.62. The van der Waals surface area contributed by atoms with Crippen LogP contribution in [0, 0.1) is 0 Å². The molecule has 2 N–H and O–H groups in total. The van der Waals surface area contributed by atoms with Crippen molar-refractivity contribution in [3.05, 3.63) is 96.3 Å². The molecule has 7 heteroatoms. The van der Waals surface area contributed by atoms with Crippen LogP contribution in [0.3, 0.4) is 0 Å². The molecule has 0 radical (unpaired) electrons. The summed E-state index contributed by atoms with van der Waals surface area (Å²) in [6.45, 7) is 0.469. The summed E-state index contributed by atoms with van der Waals surface area (Å²) in [5, 5.41) is 5.88. The van der Waals surface area contributed by atoms with Crippen LogP contribution in [0.15, 0.2) is 85.2 Å². The number of benzene rings is 3. The number of nitrogens with one attached hydrogen (secondary N) is 2. The number of hydrogen-bond donors (Lipinski definition) is 2. The topological polar surface area (TPSA) is 76.1 Å². The monoisotopic (exact) mass is 414 g/mol. The van der Waals surface area contributed by atoms with Crippen LogP contribution in [0.1, 0.15) is 15.9 Å². The van der Waals surface area contributed by atoms with E-state index in [4.69, 9.17) is 17.0 Å². The van der Waals surface area contributed by atoms with Gasteiger partial charge in [0.2, 0.25) is 0 Å². The maximum Gasteiger partial charge on any atom is 0.257 e. The normalized spacial score (nSPS) is 10.4. The van der Waals surface area contributed by atoms with Gasteiger partial charge in [0.05, 0.1) is 11.0 Å². The van der Waals surface area contributed by atoms with Crippen molar-refractivity contribution >= 4 is 40.0 Å². The zero-order valence-corrected chi connectivity index (χ0v) is 16.7. The second-order valence-corrected chi connectivity index (χ2v) is 6.88. The number of thiocarbonyl (C=S) groups is 1. The third-order valence-corrected chi connectivity index (χ3v) is 4.50. The second-order valence-electron chi connectivity index (χ2n) is 6.47. The zero-order chi connectivity index (χ0) is 20.8. The molecule has 6 nitrogen and oxygen atoms in total. The summed E-state index contributed by atoms with van der Waals surface area (Å²) < 4.78 is 5.82. The number of hydrogen-bond acceptors (Lipinski definition) is 5. The number of anilines is 1. The van der Waals surface area contributed by atoms with Crippen molar-refractivity contribution in [2.24, 2.45) is 0 Å². The maximum atomic E-state index is 12.5. The lowest BCUT2D eigenvalue weighted by atomic mass is 10.2. The van der Waals surface area contributed by atoms with Crippen LogP contribution < -0.4 is 15.4 Å². The summed E-state index contributed by atoms with van der Waals surface area (Å²) in [6.07, 6.45) is 3.20. The van der Waals surface area contributed by atoms with Gasteiger partial charge >= 0.3 is 0 Å². The highest BCUT2D eigenvalue weighted by Crippen LogP contribution is 2.19. The third-order valence-electron chi connectivity index (χ3n) is 4.30. The SMILES string of the molecule is O=C(NC(=S)Nc1cccc(OCc2ccccc2)c1)c1ccc2nccnc2c1. The van der Waals surface area contributed by atoms with Crippen LogP contribution >= 0.6 is 12.2 Å². The fourth-order valence-electron chi connectivity index (χ4n) is 2.85. The highest BCUT2D eigenvalue weighted by Gasteiger charge is 2.10. The molecule has 0 aliphatic carbocycles. The molecular weight excluding hydrogens is 396 g/mol. The van der Waals surface area contributed by atoms with Gasteiger partial charge in [-0.3, -0.25) is 20.1 Å². The number of amides is 1. The van der Waals surface area contributed by atoms with Crippen LogP contribution in [0.25, 0.3) is 11.0 Å². The van der Waals surface area contributed by atoms with Crippen molar-refractivity contribution in [1.29, 1.82) is 0 Å². The molecule has 0 aliphatic heterocycles. The molecule has 0 saturated heterocycles. The number of rotatable bonds is 5. The Morgan fingerprint density at radius 2 is 1.70 bits per heavy atom. The number of aromatic nitrogens is 2. The first-order valence-electron chi connectivity index (χ1n) is 9.27. The van der Waals surface area contributed by atoms with Gasteiger partial charge in [0.25, 0.3) is 5.91 Å². The van der Waals surface area contributed by atoms with E-state index in [0.717, 1.165) is 16.8 Å². The Kier molecular flexibility index (Phi) is 5.91. The van der Waals surface area contributed by atoms with Crippen LogP contribution in [0.5, 0.6) is 5.75 Å². The molecule has 0 unspecified atom stereocenters. The van der Waals surface area contributed by atoms with Gasteiger partial charge in [-0.2, -0.15) is 0 Å². The van der Waals surface area contributed by atoms with Crippen LogP contribution in [0.4, 0.5) is 5.69 Å². The van der Waals surface area contributed by atoms with Crippen molar-refractivity contribution in [3.63, 3.8) is 0 Å². The van der Waals surface area contributed by atoms with E-state index >= 15 is 0 Å². The number of carbonyl (C=O) groups excluding carboxylic acids is 1. The first kappa shape index (κ1) is 19.5. The molecular formula is C23H18N4O2S. The number of carbonyl (C=O) groups is 1. The average molecular weight is 414 g/mol. The Morgan fingerprint density at radius 3 is 2.53 bits per heavy atom. The summed E-state index contributed by atoms with van der Waals surface area (Å²) in [5.74, 6) is 0.377. The molecule has 30 heavy (non-hydrogen) atoms. The van der Waals surface area contributed by atoms with Crippen molar-refractivity contribution in [3.8, 4) is 5.75 Å². The lowest BCUT2D eigenvalue weighted by molar-refractivity contribution is 0.0978. The Morgan fingerprint density at radius 1 is 0.900 bits per heavy atom. The van der Waals surface area contributed by atoms with E-state index in [1.54, 1.807) is 30.6 Å². The molecule has 0 saturated carbocycles. The van der Waals surface area contributed by atoms with E-state index in [9.17, 15) is 4.79 Å². The number of ether oxygens (including phenoxy) is 1. The van der Waals surface area contributed by atoms with Crippen LogP contribution in [-0.2, 0) is 6.61 Å². The Bertz CT molecular complexity index is 1200. The molecule has 0 aliphatic rings. The summed E-state index contributed by atoms with van der Waals surface area (Å²) in [6, 6.07) is 22.4.